The van der Waals surface area contributed by atoms with Gasteiger partial charge in [-0.3, -0.25) is 4.79 Å². The fourth-order valence-electron chi connectivity index (χ4n) is 3.24. The lowest BCUT2D eigenvalue weighted by molar-refractivity contribution is -0.147. The summed E-state index contributed by atoms with van der Waals surface area (Å²) in [4.78, 5) is 23.3. The highest BCUT2D eigenvalue weighted by Crippen LogP contribution is 2.28. The average Bonchev–Trinajstić information content (AvgIpc) is 2.55. The average molecular weight is 368 g/mol. The maximum atomic E-state index is 12.9. The van der Waals surface area contributed by atoms with Crippen molar-refractivity contribution in [2.45, 2.75) is 65.9 Å². The van der Waals surface area contributed by atoms with Crippen LogP contribution in [0.15, 0.2) is 6.20 Å². The molecule has 1 aromatic rings. The number of likely N-dealkylation sites (tertiary alicyclic amines) is 1. The molecule has 0 radical (unpaired) electrons. The SMILES string of the molecule is CC(C)c1nc(OC(C)(C)C(=O)N2CCC(C(C)C)CC2)ncc1Cl. The minimum absolute atomic E-state index is 0.0145. The summed E-state index contributed by atoms with van der Waals surface area (Å²) in [6.07, 6.45) is 3.64. The number of nitrogens with zero attached hydrogens (tertiary/aromatic N) is 3. The Morgan fingerprint density at radius 1 is 1.28 bits per heavy atom. The van der Waals surface area contributed by atoms with Gasteiger partial charge >= 0.3 is 6.01 Å². The standard InChI is InChI=1S/C19H30ClN3O2/c1-12(2)14-7-9-23(10-8-14)17(24)19(5,6)25-18-21-11-15(20)16(22-18)13(3)4/h11-14H,7-10H2,1-6H3. The van der Waals surface area contributed by atoms with Gasteiger partial charge in [0.15, 0.2) is 5.60 Å². The number of halogens is 1. The minimum Gasteiger partial charge on any atom is -0.447 e. The molecule has 2 rings (SSSR count). The first kappa shape index (κ1) is 20.0. The van der Waals surface area contributed by atoms with E-state index in [1.54, 1.807) is 13.8 Å². The van der Waals surface area contributed by atoms with E-state index in [1.165, 1.54) is 6.20 Å². The molecule has 0 N–H and O–H groups in total. The number of amides is 1. The predicted molar refractivity (Wildman–Crippen MR) is 100.0 cm³/mol. The molecule has 1 amide bonds. The molecule has 0 saturated carbocycles. The summed E-state index contributed by atoms with van der Waals surface area (Å²) < 4.78 is 5.86. The van der Waals surface area contributed by atoms with Gasteiger partial charge in [-0.15, -0.1) is 0 Å². The van der Waals surface area contributed by atoms with Crippen LogP contribution in [-0.4, -0.2) is 39.5 Å². The molecule has 0 atom stereocenters. The van der Waals surface area contributed by atoms with Crippen molar-refractivity contribution in [3.8, 4) is 6.01 Å². The summed E-state index contributed by atoms with van der Waals surface area (Å²) in [6.45, 7) is 13.6. The molecular weight excluding hydrogens is 338 g/mol. The highest BCUT2D eigenvalue weighted by molar-refractivity contribution is 6.31. The van der Waals surface area contributed by atoms with Crippen LogP contribution in [0.5, 0.6) is 6.01 Å². The zero-order valence-electron chi connectivity index (χ0n) is 16.2. The van der Waals surface area contributed by atoms with E-state index in [1.807, 2.05) is 18.7 Å². The van der Waals surface area contributed by atoms with Crippen LogP contribution in [0.2, 0.25) is 5.02 Å². The molecule has 140 valence electrons. The van der Waals surface area contributed by atoms with Crippen molar-refractivity contribution in [2.75, 3.05) is 13.1 Å². The Hall–Kier alpha value is -1.36. The number of aromatic nitrogens is 2. The van der Waals surface area contributed by atoms with E-state index in [9.17, 15) is 4.79 Å². The molecule has 25 heavy (non-hydrogen) atoms. The van der Waals surface area contributed by atoms with Crippen molar-refractivity contribution in [3.63, 3.8) is 0 Å². The molecule has 5 nitrogen and oxygen atoms in total. The van der Waals surface area contributed by atoms with E-state index in [-0.39, 0.29) is 17.8 Å². The fourth-order valence-corrected chi connectivity index (χ4v) is 3.55. The first-order chi connectivity index (χ1) is 11.6. The van der Waals surface area contributed by atoms with E-state index in [0.717, 1.165) is 31.6 Å². The summed E-state index contributed by atoms with van der Waals surface area (Å²) in [5.41, 5.74) is -0.278. The zero-order chi connectivity index (χ0) is 18.8. The second kappa shape index (κ2) is 7.90. The van der Waals surface area contributed by atoms with Gasteiger partial charge in [0, 0.05) is 13.1 Å². The number of hydrogen-bond acceptors (Lipinski definition) is 4. The zero-order valence-corrected chi connectivity index (χ0v) is 16.9. The molecule has 0 bridgehead atoms. The molecule has 0 aliphatic carbocycles. The van der Waals surface area contributed by atoms with Gasteiger partial charge < -0.3 is 9.64 Å². The van der Waals surface area contributed by atoms with Gasteiger partial charge in [-0.1, -0.05) is 39.3 Å². The van der Waals surface area contributed by atoms with E-state index < -0.39 is 5.60 Å². The van der Waals surface area contributed by atoms with Gasteiger partial charge in [0.05, 0.1) is 16.9 Å². The molecule has 6 heteroatoms. The molecule has 0 aromatic carbocycles. The van der Waals surface area contributed by atoms with E-state index >= 15 is 0 Å². The Bertz CT molecular complexity index is 609. The van der Waals surface area contributed by atoms with Crippen LogP contribution < -0.4 is 4.74 Å². The molecular formula is C19H30ClN3O2. The number of rotatable bonds is 5. The maximum Gasteiger partial charge on any atom is 0.317 e. The largest absolute Gasteiger partial charge is 0.447 e. The van der Waals surface area contributed by atoms with Gasteiger partial charge in [0.1, 0.15) is 0 Å². The fraction of sp³-hybridized carbons (Fsp3) is 0.737. The predicted octanol–water partition coefficient (Wildman–Crippen LogP) is 4.31. The van der Waals surface area contributed by atoms with Crippen LogP contribution in [0.3, 0.4) is 0 Å². The Morgan fingerprint density at radius 2 is 1.88 bits per heavy atom. The lowest BCUT2D eigenvalue weighted by atomic mass is 9.86. The second-order valence-electron chi connectivity index (χ2n) is 8.03. The molecule has 1 aliphatic rings. The van der Waals surface area contributed by atoms with Crippen molar-refractivity contribution in [3.05, 3.63) is 16.9 Å². The van der Waals surface area contributed by atoms with Crippen molar-refractivity contribution >= 4 is 17.5 Å². The maximum absolute atomic E-state index is 12.9. The lowest BCUT2D eigenvalue weighted by Gasteiger charge is -2.37. The molecule has 1 saturated heterocycles. The quantitative estimate of drug-likeness (QED) is 0.778. The molecule has 0 unspecified atom stereocenters. The molecule has 1 aliphatic heterocycles. The van der Waals surface area contributed by atoms with Crippen LogP contribution in [0.4, 0.5) is 0 Å². The van der Waals surface area contributed by atoms with Crippen LogP contribution in [-0.2, 0) is 4.79 Å². The highest BCUT2D eigenvalue weighted by Gasteiger charge is 2.37. The Balaban J connectivity index is 2.06. The smallest absolute Gasteiger partial charge is 0.317 e. The first-order valence-corrected chi connectivity index (χ1v) is 9.50. The monoisotopic (exact) mass is 367 g/mol. The summed E-state index contributed by atoms with van der Waals surface area (Å²) in [7, 11) is 0. The lowest BCUT2D eigenvalue weighted by Crippen LogP contribution is -2.51. The summed E-state index contributed by atoms with van der Waals surface area (Å²) in [6, 6.07) is 0.198. The Labute approximate surface area is 156 Å². The molecule has 2 heterocycles. The summed E-state index contributed by atoms with van der Waals surface area (Å²) in [5.74, 6) is 1.51. The van der Waals surface area contributed by atoms with Crippen LogP contribution in [0.25, 0.3) is 0 Å². The van der Waals surface area contributed by atoms with Crippen molar-refractivity contribution < 1.29 is 9.53 Å². The van der Waals surface area contributed by atoms with Gasteiger partial charge in [0.25, 0.3) is 5.91 Å². The third kappa shape index (κ3) is 4.84. The number of piperidine rings is 1. The van der Waals surface area contributed by atoms with Crippen molar-refractivity contribution in [1.82, 2.24) is 14.9 Å². The van der Waals surface area contributed by atoms with Crippen molar-refractivity contribution in [1.29, 1.82) is 0 Å². The van der Waals surface area contributed by atoms with Gasteiger partial charge in [-0.05, 0) is 44.4 Å². The number of ether oxygens (including phenoxy) is 1. The summed E-state index contributed by atoms with van der Waals surface area (Å²) >= 11 is 6.13. The third-order valence-electron chi connectivity index (χ3n) is 4.93. The van der Waals surface area contributed by atoms with E-state index in [2.05, 4.69) is 23.8 Å². The topological polar surface area (TPSA) is 55.3 Å². The van der Waals surface area contributed by atoms with Gasteiger partial charge in [-0.2, -0.15) is 4.98 Å². The van der Waals surface area contributed by atoms with E-state index in [4.69, 9.17) is 16.3 Å². The van der Waals surface area contributed by atoms with Crippen LogP contribution in [0, 0.1) is 11.8 Å². The van der Waals surface area contributed by atoms with Gasteiger partial charge in [0.2, 0.25) is 0 Å². The van der Waals surface area contributed by atoms with Crippen LogP contribution >= 0.6 is 11.6 Å². The number of hydrogen-bond donors (Lipinski definition) is 0. The number of carbonyl (C=O) groups is 1. The van der Waals surface area contributed by atoms with E-state index in [0.29, 0.717) is 16.9 Å². The Kier molecular flexibility index (Phi) is 6.30. The highest BCUT2D eigenvalue weighted by atomic mass is 35.5. The Morgan fingerprint density at radius 3 is 2.40 bits per heavy atom. The molecule has 1 aromatic heterocycles. The number of carbonyl (C=O) groups excluding carboxylic acids is 1. The first-order valence-electron chi connectivity index (χ1n) is 9.12. The normalized spacial score (nSPS) is 16.6. The molecule has 1 fully saturated rings. The van der Waals surface area contributed by atoms with Gasteiger partial charge in [-0.25, -0.2) is 4.98 Å². The molecule has 0 spiro atoms. The third-order valence-corrected chi connectivity index (χ3v) is 5.22. The van der Waals surface area contributed by atoms with Crippen LogP contribution in [0.1, 0.15) is 66.0 Å². The summed E-state index contributed by atoms with van der Waals surface area (Å²) in [5, 5.41) is 0.516. The second-order valence-corrected chi connectivity index (χ2v) is 8.43. The minimum atomic E-state index is -1.01. The van der Waals surface area contributed by atoms with Crippen molar-refractivity contribution in [2.24, 2.45) is 11.8 Å².